The second kappa shape index (κ2) is 5.31. The van der Waals surface area contributed by atoms with Gasteiger partial charge in [-0.25, -0.2) is 0 Å². The molecular weight excluding hydrogens is 226 g/mol. The summed E-state index contributed by atoms with van der Waals surface area (Å²) in [7, 11) is 1.72. The molecule has 2 N–H and O–H groups in total. The third-order valence-electron chi connectivity index (χ3n) is 2.59. The number of nitrogens with two attached hydrogens (primary N) is 1. The summed E-state index contributed by atoms with van der Waals surface area (Å²) >= 11 is 0. The van der Waals surface area contributed by atoms with Crippen molar-refractivity contribution in [1.29, 1.82) is 0 Å². The van der Waals surface area contributed by atoms with Crippen molar-refractivity contribution in [1.82, 2.24) is 5.16 Å². The van der Waals surface area contributed by atoms with Crippen LogP contribution in [0.5, 0.6) is 0 Å². The predicted octanol–water partition coefficient (Wildman–Crippen LogP) is 2.65. The minimum atomic E-state index is 0.801. The Kier molecular flexibility index (Phi) is 3.57. The van der Waals surface area contributed by atoms with Gasteiger partial charge in [0.05, 0.1) is 0 Å². The predicted molar refractivity (Wildman–Crippen MR) is 73.3 cm³/mol. The summed E-state index contributed by atoms with van der Waals surface area (Å²) in [5.74, 6) is 0.801. The first-order chi connectivity index (χ1) is 8.74. The Bertz CT molecular complexity index is 579. The number of aryl methyl sites for hydroxylation is 1. The zero-order chi connectivity index (χ0) is 13.0. The van der Waals surface area contributed by atoms with Gasteiger partial charge >= 0.3 is 0 Å². The molecule has 0 saturated carbocycles. The maximum absolute atomic E-state index is 5.56. The maximum Gasteiger partial charge on any atom is 0.134 e. The molecule has 2 aromatic rings. The highest BCUT2D eigenvalue weighted by Gasteiger charge is 2.04. The van der Waals surface area contributed by atoms with E-state index in [2.05, 4.69) is 10.1 Å². The van der Waals surface area contributed by atoms with Crippen LogP contribution in [0.1, 0.15) is 11.3 Å². The molecule has 18 heavy (non-hydrogen) atoms. The van der Waals surface area contributed by atoms with Gasteiger partial charge < -0.3 is 10.3 Å². The summed E-state index contributed by atoms with van der Waals surface area (Å²) in [6.07, 6.45) is 3.28. The van der Waals surface area contributed by atoms with Gasteiger partial charge in [0.25, 0.3) is 0 Å². The van der Waals surface area contributed by atoms with Gasteiger partial charge in [-0.2, -0.15) is 0 Å². The molecule has 0 fully saturated rings. The summed E-state index contributed by atoms with van der Waals surface area (Å²) in [6, 6.07) is 9.85. The van der Waals surface area contributed by atoms with Crippen LogP contribution >= 0.6 is 0 Å². The van der Waals surface area contributed by atoms with E-state index in [1.807, 2.05) is 37.3 Å². The second-order valence-electron chi connectivity index (χ2n) is 3.91. The van der Waals surface area contributed by atoms with E-state index in [9.17, 15) is 0 Å². The van der Waals surface area contributed by atoms with E-state index in [1.54, 1.807) is 19.5 Å². The van der Waals surface area contributed by atoms with Crippen molar-refractivity contribution in [3.63, 3.8) is 0 Å². The topological polar surface area (TPSA) is 64.4 Å². The molecule has 2 rings (SSSR count). The Morgan fingerprint density at radius 3 is 2.56 bits per heavy atom. The van der Waals surface area contributed by atoms with Crippen molar-refractivity contribution < 1.29 is 4.52 Å². The lowest BCUT2D eigenvalue weighted by Crippen LogP contribution is -1.91. The Morgan fingerprint density at radius 2 is 2.06 bits per heavy atom. The number of allylic oxidation sites excluding steroid dienone is 1. The monoisotopic (exact) mass is 241 g/mol. The zero-order valence-electron chi connectivity index (χ0n) is 10.4. The quantitative estimate of drug-likeness (QED) is 0.840. The van der Waals surface area contributed by atoms with Crippen molar-refractivity contribution in [2.24, 2.45) is 10.7 Å². The number of aromatic nitrogens is 1. The molecule has 1 aromatic carbocycles. The maximum atomic E-state index is 5.56. The first-order valence-corrected chi connectivity index (χ1v) is 5.63. The highest BCUT2D eigenvalue weighted by atomic mass is 16.5. The van der Waals surface area contributed by atoms with Crippen LogP contribution in [0.25, 0.3) is 16.8 Å². The molecule has 0 aliphatic carbocycles. The molecule has 92 valence electrons. The smallest absolute Gasteiger partial charge is 0.134 e. The fraction of sp³-hybridized carbons (Fsp3) is 0.143. The van der Waals surface area contributed by atoms with Crippen LogP contribution in [0.3, 0.4) is 0 Å². The molecule has 1 aromatic heterocycles. The van der Waals surface area contributed by atoms with E-state index >= 15 is 0 Å². The van der Waals surface area contributed by atoms with E-state index in [0.717, 1.165) is 28.2 Å². The number of hydrogen-bond donors (Lipinski definition) is 1. The molecule has 0 amide bonds. The molecule has 0 aliphatic rings. The number of hydrogen-bond acceptors (Lipinski definition) is 4. The first-order valence-electron chi connectivity index (χ1n) is 5.63. The van der Waals surface area contributed by atoms with Crippen molar-refractivity contribution in [3.05, 3.63) is 47.9 Å². The van der Waals surface area contributed by atoms with Crippen LogP contribution < -0.4 is 5.73 Å². The van der Waals surface area contributed by atoms with Crippen LogP contribution in [0, 0.1) is 6.92 Å². The largest absolute Gasteiger partial charge is 0.404 e. The Balaban J connectivity index is 2.30. The minimum absolute atomic E-state index is 0.801. The molecular formula is C14H15N3O. The molecule has 0 unspecified atom stereocenters. The lowest BCUT2D eigenvalue weighted by atomic mass is 10.0. The van der Waals surface area contributed by atoms with Crippen molar-refractivity contribution >= 4 is 11.8 Å². The normalized spacial score (nSPS) is 12.2. The molecule has 0 bridgehead atoms. The van der Waals surface area contributed by atoms with Crippen LogP contribution in [0.2, 0.25) is 0 Å². The van der Waals surface area contributed by atoms with Crippen LogP contribution in [0.15, 0.2) is 46.0 Å². The highest BCUT2D eigenvalue weighted by molar-refractivity contribution is 6.09. The lowest BCUT2D eigenvalue weighted by molar-refractivity contribution is 0.399. The van der Waals surface area contributed by atoms with Gasteiger partial charge in [-0.3, -0.25) is 4.99 Å². The summed E-state index contributed by atoms with van der Waals surface area (Å²) < 4.78 is 5.05. The average molecular weight is 241 g/mol. The van der Waals surface area contributed by atoms with Crippen molar-refractivity contribution in [2.75, 3.05) is 7.05 Å². The Labute approximate surface area is 106 Å². The Hall–Kier alpha value is -2.36. The van der Waals surface area contributed by atoms with E-state index < -0.39 is 0 Å². The van der Waals surface area contributed by atoms with Gasteiger partial charge in [0.15, 0.2) is 0 Å². The second-order valence-corrected chi connectivity index (χ2v) is 3.91. The summed E-state index contributed by atoms with van der Waals surface area (Å²) in [5, 5.41) is 3.98. The van der Waals surface area contributed by atoms with E-state index in [4.69, 9.17) is 10.3 Å². The fourth-order valence-corrected chi connectivity index (χ4v) is 1.69. The van der Waals surface area contributed by atoms with Crippen LogP contribution in [0.4, 0.5) is 0 Å². The molecule has 4 heteroatoms. The van der Waals surface area contributed by atoms with Crippen molar-refractivity contribution in [3.8, 4) is 11.3 Å². The van der Waals surface area contributed by atoms with Gasteiger partial charge in [-0.1, -0.05) is 29.4 Å². The molecule has 4 nitrogen and oxygen atoms in total. The number of benzene rings is 1. The molecule has 0 aliphatic heterocycles. The van der Waals surface area contributed by atoms with Crippen LogP contribution in [-0.4, -0.2) is 18.4 Å². The van der Waals surface area contributed by atoms with E-state index in [0.29, 0.717) is 0 Å². The van der Waals surface area contributed by atoms with Gasteiger partial charge in [-0.05, 0) is 12.5 Å². The summed E-state index contributed by atoms with van der Waals surface area (Å²) in [4.78, 5) is 3.97. The Morgan fingerprint density at radius 1 is 1.33 bits per heavy atom. The molecule has 1 heterocycles. The molecule has 0 spiro atoms. The molecule has 0 atom stereocenters. The fourth-order valence-electron chi connectivity index (χ4n) is 1.69. The third kappa shape index (κ3) is 2.48. The van der Waals surface area contributed by atoms with Gasteiger partial charge in [0, 0.05) is 36.7 Å². The summed E-state index contributed by atoms with van der Waals surface area (Å²) in [5.41, 5.74) is 9.32. The highest BCUT2D eigenvalue weighted by Crippen LogP contribution is 2.21. The molecule has 0 saturated heterocycles. The number of aliphatic imine (C=N–C) groups is 1. The lowest BCUT2D eigenvalue weighted by Gasteiger charge is -2.02. The molecule has 0 radical (unpaired) electrons. The van der Waals surface area contributed by atoms with Gasteiger partial charge in [0.1, 0.15) is 11.5 Å². The summed E-state index contributed by atoms with van der Waals surface area (Å²) in [6.45, 7) is 1.87. The minimum Gasteiger partial charge on any atom is -0.404 e. The SMILES string of the molecule is CN=C/C(=C\N)c1ccc(-c2cc(C)on2)cc1. The van der Waals surface area contributed by atoms with Crippen molar-refractivity contribution in [2.45, 2.75) is 6.92 Å². The first kappa shape index (κ1) is 12.1. The average Bonchev–Trinajstić information content (AvgIpc) is 2.83. The zero-order valence-corrected chi connectivity index (χ0v) is 10.4. The van der Waals surface area contributed by atoms with E-state index in [-0.39, 0.29) is 0 Å². The van der Waals surface area contributed by atoms with Gasteiger partial charge in [-0.15, -0.1) is 0 Å². The van der Waals surface area contributed by atoms with Crippen LogP contribution in [-0.2, 0) is 0 Å². The number of nitrogens with zero attached hydrogens (tertiary/aromatic N) is 2. The third-order valence-corrected chi connectivity index (χ3v) is 2.59. The standard InChI is InChI=1S/C14H15N3O/c1-10-7-14(17-18-10)12-5-3-11(4-6-12)13(8-15)9-16-2/h3-9H,15H2,1-2H3/b13-8+,16-9?. The van der Waals surface area contributed by atoms with E-state index in [1.165, 1.54) is 0 Å². The van der Waals surface area contributed by atoms with Gasteiger partial charge in [0.2, 0.25) is 0 Å². The number of rotatable bonds is 3.